The van der Waals surface area contributed by atoms with Gasteiger partial charge in [-0.15, -0.1) is 23.2 Å². The third-order valence-corrected chi connectivity index (χ3v) is 4.64. The van der Waals surface area contributed by atoms with Gasteiger partial charge in [0.15, 0.2) is 0 Å². The quantitative estimate of drug-likeness (QED) is 0.749. The minimum absolute atomic E-state index is 0.00870. The van der Waals surface area contributed by atoms with Crippen LogP contribution in [0.4, 0.5) is 0 Å². The summed E-state index contributed by atoms with van der Waals surface area (Å²) in [6.45, 7) is 2.61. The Morgan fingerprint density at radius 3 is 2.43 bits per heavy atom. The van der Waals surface area contributed by atoms with Crippen LogP contribution >= 0.6 is 23.2 Å². The van der Waals surface area contributed by atoms with E-state index in [4.69, 9.17) is 23.2 Å². The molecule has 1 amide bonds. The Balaban J connectivity index is 1.79. The van der Waals surface area contributed by atoms with Crippen molar-refractivity contribution < 1.29 is 4.79 Å². The lowest BCUT2D eigenvalue weighted by Crippen LogP contribution is -2.38. The first-order valence-electron chi connectivity index (χ1n) is 5.12. The Morgan fingerprint density at radius 2 is 2.07 bits per heavy atom. The monoisotopic (exact) mass is 235 g/mol. The molecule has 0 aromatic rings. The molecule has 1 atom stereocenters. The highest BCUT2D eigenvalue weighted by molar-refractivity contribution is 6.53. The average Bonchev–Trinajstić information content (AvgIpc) is 2.49. The van der Waals surface area contributed by atoms with Gasteiger partial charge in [-0.3, -0.25) is 4.79 Å². The number of nitrogens with one attached hydrogen (secondary N) is 1. The number of carbonyl (C=O) groups is 1. The highest BCUT2D eigenvalue weighted by Crippen LogP contribution is 2.63. The number of carbonyl (C=O) groups excluding carboxylic acids is 1. The van der Waals surface area contributed by atoms with Crippen molar-refractivity contribution in [1.82, 2.24) is 5.32 Å². The van der Waals surface area contributed by atoms with Crippen LogP contribution in [-0.2, 0) is 4.79 Å². The lowest BCUT2D eigenvalue weighted by atomic mass is 9.85. The van der Waals surface area contributed by atoms with E-state index >= 15 is 0 Å². The van der Waals surface area contributed by atoms with Crippen LogP contribution in [-0.4, -0.2) is 16.8 Å². The van der Waals surface area contributed by atoms with Gasteiger partial charge in [-0.25, -0.2) is 0 Å². The van der Waals surface area contributed by atoms with Crippen molar-refractivity contribution in [3.05, 3.63) is 0 Å². The summed E-state index contributed by atoms with van der Waals surface area (Å²) in [5, 5.41) is 2.93. The lowest BCUT2D eigenvalue weighted by Gasteiger charge is -2.26. The normalized spacial score (nSPS) is 34.8. The third kappa shape index (κ3) is 1.63. The second-order valence-corrected chi connectivity index (χ2v) is 6.20. The van der Waals surface area contributed by atoms with Crippen LogP contribution in [0.25, 0.3) is 0 Å². The van der Waals surface area contributed by atoms with Crippen molar-refractivity contribution in [2.75, 3.05) is 6.54 Å². The van der Waals surface area contributed by atoms with Gasteiger partial charge < -0.3 is 5.32 Å². The summed E-state index contributed by atoms with van der Waals surface area (Å²) < 4.78 is -0.837. The second-order valence-electron chi connectivity index (χ2n) is 4.72. The van der Waals surface area contributed by atoms with Crippen molar-refractivity contribution in [3.63, 3.8) is 0 Å². The second kappa shape index (κ2) is 3.28. The maximum atomic E-state index is 11.7. The molecule has 2 aliphatic rings. The van der Waals surface area contributed by atoms with E-state index in [1.165, 1.54) is 19.3 Å². The molecular formula is C10H15Cl2NO. The molecule has 0 unspecified atom stereocenters. The van der Waals surface area contributed by atoms with Crippen molar-refractivity contribution >= 4 is 29.1 Å². The molecule has 0 aliphatic heterocycles. The van der Waals surface area contributed by atoms with Crippen LogP contribution in [0.3, 0.4) is 0 Å². The molecule has 0 radical (unpaired) electrons. The maximum absolute atomic E-state index is 11.7. The summed E-state index contributed by atoms with van der Waals surface area (Å²) in [5.41, 5.74) is -0.556. The number of rotatable bonds is 3. The van der Waals surface area contributed by atoms with Crippen LogP contribution < -0.4 is 5.32 Å². The van der Waals surface area contributed by atoms with E-state index in [0.717, 1.165) is 6.54 Å². The van der Waals surface area contributed by atoms with Gasteiger partial charge in [0.2, 0.25) is 5.91 Å². The minimum Gasteiger partial charge on any atom is -0.355 e. The van der Waals surface area contributed by atoms with Gasteiger partial charge >= 0.3 is 0 Å². The molecule has 0 saturated heterocycles. The zero-order valence-electron chi connectivity index (χ0n) is 8.28. The predicted molar refractivity (Wildman–Crippen MR) is 57.5 cm³/mol. The predicted octanol–water partition coefficient (Wildman–Crippen LogP) is 2.49. The van der Waals surface area contributed by atoms with Gasteiger partial charge in [-0.2, -0.15) is 0 Å². The van der Waals surface area contributed by atoms with Crippen LogP contribution in [0.2, 0.25) is 0 Å². The summed E-state index contributed by atoms with van der Waals surface area (Å²) in [6, 6.07) is 0. The maximum Gasteiger partial charge on any atom is 0.229 e. The molecule has 2 saturated carbocycles. The first kappa shape index (κ1) is 10.6. The fourth-order valence-electron chi connectivity index (χ4n) is 1.78. The molecule has 14 heavy (non-hydrogen) atoms. The van der Waals surface area contributed by atoms with Crippen molar-refractivity contribution in [2.24, 2.45) is 11.3 Å². The number of hydrogen-bond donors (Lipinski definition) is 1. The fourth-order valence-corrected chi connectivity index (χ4v) is 2.48. The SMILES string of the molecule is C[C@@]1(C(=O)NCC2CCC2)CC1(Cl)Cl. The summed E-state index contributed by atoms with van der Waals surface area (Å²) in [4.78, 5) is 11.7. The smallest absolute Gasteiger partial charge is 0.229 e. The molecule has 0 spiro atoms. The van der Waals surface area contributed by atoms with Crippen molar-refractivity contribution in [3.8, 4) is 0 Å². The van der Waals surface area contributed by atoms with Crippen LogP contribution in [0.5, 0.6) is 0 Å². The Morgan fingerprint density at radius 1 is 1.50 bits per heavy atom. The topological polar surface area (TPSA) is 29.1 Å². The molecule has 4 heteroatoms. The molecular weight excluding hydrogens is 221 g/mol. The molecule has 1 N–H and O–H groups in total. The number of hydrogen-bond acceptors (Lipinski definition) is 1. The molecule has 80 valence electrons. The third-order valence-electron chi connectivity index (χ3n) is 3.54. The van der Waals surface area contributed by atoms with Gasteiger partial charge in [0, 0.05) is 6.54 Å². The summed E-state index contributed by atoms with van der Waals surface area (Å²) in [5.74, 6) is 0.691. The number of alkyl halides is 2. The van der Waals surface area contributed by atoms with E-state index in [-0.39, 0.29) is 5.91 Å². The Bertz CT molecular complexity index is 263. The Labute approximate surface area is 94.3 Å². The Hall–Kier alpha value is 0.0500. The van der Waals surface area contributed by atoms with E-state index in [2.05, 4.69) is 5.32 Å². The van der Waals surface area contributed by atoms with E-state index in [1.54, 1.807) is 0 Å². The van der Waals surface area contributed by atoms with Crippen LogP contribution in [0.1, 0.15) is 32.6 Å². The highest BCUT2D eigenvalue weighted by atomic mass is 35.5. The van der Waals surface area contributed by atoms with Gasteiger partial charge in [0.05, 0.1) is 5.41 Å². The summed E-state index contributed by atoms with van der Waals surface area (Å²) in [7, 11) is 0. The highest BCUT2D eigenvalue weighted by Gasteiger charge is 2.67. The molecule has 0 aromatic heterocycles. The molecule has 0 aromatic carbocycles. The first-order valence-corrected chi connectivity index (χ1v) is 5.87. The summed E-state index contributed by atoms with van der Waals surface area (Å²) >= 11 is 11.8. The van der Waals surface area contributed by atoms with Crippen molar-refractivity contribution in [1.29, 1.82) is 0 Å². The molecule has 2 fully saturated rings. The zero-order chi connectivity index (χ0) is 10.4. The summed E-state index contributed by atoms with van der Waals surface area (Å²) in [6.07, 6.45) is 4.35. The lowest BCUT2D eigenvalue weighted by molar-refractivity contribution is -0.126. The van der Waals surface area contributed by atoms with Crippen LogP contribution in [0, 0.1) is 11.3 Å². The minimum atomic E-state index is -0.837. The molecule has 2 nitrogen and oxygen atoms in total. The van der Waals surface area contributed by atoms with Gasteiger partial charge in [-0.05, 0) is 32.1 Å². The van der Waals surface area contributed by atoms with Gasteiger partial charge in [0.1, 0.15) is 4.33 Å². The zero-order valence-corrected chi connectivity index (χ0v) is 9.79. The van der Waals surface area contributed by atoms with E-state index in [9.17, 15) is 4.79 Å². The van der Waals surface area contributed by atoms with E-state index in [1.807, 2.05) is 6.92 Å². The number of amides is 1. The number of halogens is 2. The standard InChI is InChI=1S/C10H15Cl2NO/c1-9(6-10(9,11)12)8(14)13-5-7-3-2-4-7/h7H,2-6H2,1H3,(H,13,14)/t9-/m0/s1. The van der Waals surface area contributed by atoms with E-state index in [0.29, 0.717) is 12.3 Å². The van der Waals surface area contributed by atoms with Crippen molar-refractivity contribution in [2.45, 2.75) is 36.9 Å². The Kier molecular flexibility index (Phi) is 2.47. The average molecular weight is 236 g/mol. The molecule has 0 bridgehead atoms. The van der Waals surface area contributed by atoms with E-state index < -0.39 is 9.75 Å². The molecule has 2 rings (SSSR count). The van der Waals surface area contributed by atoms with Crippen LogP contribution in [0.15, 0.2) is 0 Å². The molecule has 2 aliphatic carbocycles. The first-order chi connectivity index (χ1) is 6.46. The molecule has 0 heterocycles. The fraction of sp³-hybridized carbons (Fsp3) is 0.900. The van der Waals surface area contributed by atoms with Gasteiger partial charge in [-0.1, -0.05) is 6.42 Å². The van der Waals surface area contributed by atoms with Gasteiger partial charge in [0.25, 0.3) is 0 Å². The largest absolute Gasteiger partial charge is 0.355 e.